The Hall–Kier alpha value is -1.33. The minimum atomic E-state index is -1.93. The number of aliphatic hydroxyl groups is 12. The van der Waals surface area contributed by atoms with Gasteiger partial charge in [0, 0.05) is 14.0 Å². The third-order valence-corrected chi connectivity index (χ3v) is 8.83. The number of ether oxygens (including phenoxy) is 8. The van der Waals surface area contributed by atoms with Gasteiger partial charge in [-0.2, -0.15) is 0 Å². The van der Waals surface area contributed by atoms with Crippen molar-refractivity contribution in [1.29, 1.82) is 0 Å². The van der Waals surface area contributed by atoms with Gasteiger partial charge >= 0.3 is 0 Å². The van der Waals surface area contributed by atoms with Gasteiger partial charge in [-0.15, -0.1) is 0 Å². The third kappa shape index (κ3) is 8.66. The zero-order valence-corrected chi connectivity index (χ0v) is 26.4. The lowest BCUT2D eigenvalue weighted by molar-refractivity contribution is -0.381. The molecule has 4 aliphatic heterocycles. The van der Waals surface area contributed by atoms with Crippen molar-refractivity contribution in [2.75, 3.05) is 33.5 Å². The van der Waals surface area contributed by atoms with E-state index in [0.717, 1.165) is 14.0 Å². The SMILES string of the molecule is CO[C@H]1[C@H](O[C@H]2O[C@H](CO)[C@@H](O)[C@H](O)[C@@H]2O)[C@H](O)[C@H](O[C@H]2[C@H](O)[C@@H](NC(C)=O)C(O)O[C@@H]2CO)O[C@@H]1CO[C@H]1O[C@H](CO)[C@@H](O)[C@H](O)[C@@H]1O. The van der Waals surface area contributed by atoms with Crippen LogP contribution in [0.2, 0.25) is 0 Å². The molecule has 0 aromatic heterocycles. The summed E-state index contributed by atoms with van der Waals surface area (Å²) in [7, 11) is 1.16. The number of hydrogen-bond donors (Lipinski definition) is 13. The fourth-order valence-electron chi connectivity index (χ4n) is 6.11. The third-order valence-electron chi connectivity index (χ3n) is 8.83. The number of nitrogens with one attached hydrogen (secondary N) is 1. The van der Waals surface area contributed by atoms with Crippen LogP contribution in [0.4, 0.5) is 0 Å². The van der Waals surface area contributed by atoms with Crippen molar-refractivity contribution in [2.24, 2.45) is 0 Å². The van der Waals surface area contributed by atoms with E-state index in [1.807, 2.05) is 0 Å². The van der Waals surface area contributed by atoms with Gasteiger partial charge in [0.1, 0.15) is 97.6 Å². The summed E-state index contributed by atoms with van der Waals surface area (Å²) in [5, 5.41) is 126. The Morgan fingerprint density at radius 3 is 1.59 bits per heavy atom. The van der Waals surface area contributed by atoms with Crippen LogP contribution >= 0.6 is 0 Å². The molecular formula is C27H47NO21. The van der Waals surface area contributed by atoms with Gasteiger partial charge in [-0.3, -0.25) is 4.79 Å². The number of aliphatic hydroxyl groups excluding tert-OH is 12. The van der Waals surface area contributed by atoms with Gasteiger partial charge in [0.05, 0.1) is 26.4 Å². The van der Waals surface area contributed by atoms with Crippen LogP contribution in [-0.2, 0) is 42.7 Å². The standard InChI is InChI=1S/C27H47NO21/c1-7(32)28-12-15(35)21(10(5-31)44-24(12)41)48-27-20(40)23(49-26-19(39)17(37)14(34)9(4-30)46-26)22(42-2)11(47-27)6-43-25-18(38)16(36)13(33)8(3-29)45-25/h8-27,29-31,33-41H,3-6H2,1-2H3,(H,28,32)/t8-,9-,10-,11-,12-,13-,14-,15-,16+,17+,18+,19+,20+,21-,22-,23-,24?,25+,26-,27+/m1/s1. The van der Waals surface area contributed by atoms with E-state index in [4.69, 9.17) is 37.9 Å². The molecule has 0 aromatic carbocycles. The zero-order valence-electron chi connectivity index (χ0n) is 26.4. The second kappa shape index (κ2) is 17.5. The molecule has 22 nitrogen and oxygen atoms in total. The molecule has 1 amide bonds. The summed E-state index contributed by atoms with van der Waals surface area (Å²) >= 11 is 0. The topological polar surface area (TPSA) is 346 Å². The largest absolute Gasteiger partial charge is 0.394 e. The molecule has 0 aliphatic carbocycles. The average Bonchev–Trinajstić information content (AvgIpc) is 3.07. The molecule has 13 N–H and O–H groups in total. The van der Waals surface area contributed by atoms with Gasteiger partial charge in [0.15, 0.2) is 25.2 Å². The van der Waals surface area contributed by atoms with E-state index in [1.165, 1.54) is 0 Å². The summed E-state index contributed by atoms with van der Waals surface area (Å²) in [5.41, 5.74) is 0. The Balaban J connectivity index is 1.62. The highest BCUT2D eigenvalue weighted by molar-refractivity contribution is 5.73. The summed E-state index contributed by atoms with van der Waals surface area (Å²) in [6.07, 6.45) is -31.9. The monoisotopic (exact) mass is 721 g/mol. The fraction of sp³-hybridized carbons (Fsp3) is 0.963. The van der Waals surface area contributed by atoms with E-state index < -0.39 is 155 Å². The van der Waals surface area contributed by atoms with E-state index in [2.05, 4.69) is 5.32 Å². The molecule has 4 aliphatic rings. The van der Waals surface area contributed by atoms with Gasteiger partial charge in [-0.1, -0.05) is 0 Å². The molecule has 20 atom stereocenters. The number of methoxy groups -OCH3 is 1. The van der Waals surface area contributed by atoms with E-state index in [9.17, 15) is 66.1 Å². The molecule has 4 heterocycles. The Labute approximate surface area is 278 Å². The fourth-order valence-corrected chi connectivity index (χ4v) is 6.11. The molecule has 0 bridgehead atoms. The first-order chi connectivity index (χ1) is 23.2. The number of carbonyl (C=O) groups is 1. The molecule has 286 valence electrons. The molecule has 0 aromatic rings. The van der Waals surface area contributed by atoms with Crippen LogP contribution in [-0.4, -0.2) is 223 Å². The maximum Gasteiger partial charge on any atom is 0.217 e. The Morgan fingerprint density at radius 2 is 1.06 bits per heavy atom. The molecule has 1 unspecified atom stereocenters. The van der Waals surface area contributed by atoms with E-state index >= 15 is 0 Å². The number of hydrogen-bond acceptors (Lipinski definition) is 21. The molecule has 0 radical (unpaired) electrons. The predicted octanol–water partition coefficient (Wildman–Crippen LogP) is -8.95. The average molecular weight is 722 g/mol. The quantitative estimate of drug-likeness (QED) is 0.0889. The summed E-state index contributed by atoms with van der Waals surface area (Å²) in [6.45, 7) is -1.91. The zero-order chi connectivity index (χ0) is 36.3. The first kappa shape index (κ1) is 40.4. The van der Waals surface area contributed by atoms with E-state index in [1.54, 1.807) is 0 Å². The minimum absolute atomic E-state index is 0.622. The van der Waals surface area contributed by atoms with Gasteiger partial charge in [0.25, 0.3) is 0 Å². The Kier molecular flexibility index (Phi) is 14.4. The summed E-state index contributed by atoms with van der Waals surface area (Å²) in [6, 6.07) is -1.47. The van der Waals surface area contributed by atoms with Crippen molar-refractivity contribution < 1.29 is 104 Å². The molecule has 0 spiro atoms. The van der Waals surface area contributed by atoms with Crippen LogP contribution in [0, 0.1) is 0 Å². The van der Waals surface area contributed by atoms with Crippen molar-refractivity contribution >= 4 is 5.91 Å². The van der Waals surface area contributed by atoms with Gasteiger partial charge < -0.3 is 104 Å². The molecular weight excluding hydrogens is 674 g/mol. The van der Waals surface area contributed by atoms with Gasteiger partial charge in [-0.05, 0) is 0 Å². The first-order valence-electron chi connectivity index (χ1n) is 15.5. The first-order valence-corrected chi connectivity index (χ1v) is 15.5. The van der Waals surface area contributed by atoms with Crippen molar-refractivity contribution in [3.05, 3.63) is 0 Å². The molecule has 4 rings (SSSR count). The lowest BCUT2D eigenvalue weighted by Crippen LogP contribution is -2.68. The lowest BCUT2D eigenvalue weighted by atomic mass is 9.95. The number of rotatable bonds is 12. The maximum atomic E-state index is 11.7. The summed E-state index contributed by atoms with van der Waals surface area (Å²) < 4.78 is 44.9. The van der Waals surface area contributed by atoms with Crippen molar-refractivity contribution in [2.45, 2.75) is 130 Å². The van der Waals surface area contributed by atoms with Crippen LogP contribution in [0.25, 0.3) is 0 Å². The van der Waals surface area contributed by atoms with Gasteiger partial charge in [0.2, 0.25) is 5.91 Å². The van der Waals surface area contributed by atoms with Gasteiger partial charge in [-0.25, -0.2) is 0 Å². The molecule has 22 heteroatoms. The highest BCUT2D eigenvalue weighted by Gasteiger charge is 2.55. The summed E-state index contributed by atoms with van der Waals surface area (Å²) in [5.74, 6) is -0.664. The van der Waals surface area contributed by atoms with E-state index in [-0.39, 0.29) is 0 Å². The van der Waals surface area contributed by atoms with Crippen molar-refractivity contribution in [1.82, 2.24) is 5.32 Å². The summed E-state index contributed by atoms with van der Waals surface area (Å²) in [4.78, 5) is 11.7. The van der Waals surface area contributed by atoms with Crippen LogP contribution in [0.15, 0.2) is 0 Å². The molecule has 4 fully saturated rings. The van der Waals surface area contributed by atoms with Crippen LogP contribution < -0.4 is 5.32 Å². The normalized spacial score (nSPS) is 49.4. The van der Waals surface area contributed by atoms with Crippen molar-refractivity contribution in [3.63, 3.8) is 0 Å². The highest BCUT2D eigenvalue weighted by Crippen LogP contribution is 2.34. The van der Waals surface area contributed by atoms with Crippen LogP contribution in [0.5, 0.6) is 0 Å². The number of amides is 1. The van der Waals surface area contributed by atoms with E-state index in [0.29, 0.717) is 0 Å². The highest BCUT2D eigenvalue weighted by atomic mass is 16.8. The van der Waals surface area contributed by atoms with Crippen molar-refractivity contribution in [3.8, 4) is 0 Å². The smallest absolute Gasteiger partial charge is 0.217 e. The second-order valence-corrected chi connectivity index (χ2v) is 12.1. The van der Waals surface area contributed by atoms with Crippen LogP contribution in [0.3, 0.4) is 0 Å². The maximum absolute atomic E-state index is 11.7. The second-order valence-electron chi connectivity index (χ2n) is 12.1. The number of carbonyl (C=O) groups excluding carboxylic acids is 1. The van der Waals surface area contributed by atoms with Crippen LogP contribution in [0.1, 0.15) is 6.92 Å². The molecule has 4 saturated heterocycles. The minimum Gasteiger partial charge on any atom is -0.394 e. The lowest BCUT2D eigenvalue weighted by Gasteiger charge is -2.49. The molecule has 49 heavy (non-hydrogen) atoms. The Morgan fingerprint density at radius 1 is 0.571 bits per heavy atom. The predicted molar refractivity (Wildman–Crippen MR) is 150 cm³/mol. The Bertz CT molecular complexity index is 1040. The molecule has 0 saturated carbocycles.